The fraction of sp³-hybridized carbons (Fsp3) is 0.100. The third kappa shape index (κ3) is 1.26. The van der Waals surface area contributed by atoms with Gasteiger partial charge in [0.05, 0.1) is 23.3 Å². The molecule has 0 fully saturated rings. The summed E-state index contributed by atoms with van der Waals surface area (Å²) in [4.78, 5) is 4.15. The lowest BCUT2D eigenvalue weighted by Crippen LogP contribution is -1.93. The highest BCUT2D eigenvalue weighted by atomic mass is 35.5. The molecule has 2 rings (SSSR count). The minimum absolute atomic E-state index is 0.546. The Morgan fingerprint density at radius 3 is 3.00 bits per heavy atom. The molecule has 72 valence electrons. The number of ether oxygens (including phenoxy) is 1. The Morgan fingerprint density at radius 1 is 1.50 bits per heavy atom. The Hall–Kier alpha value is -1.48. The Kier molecular flexibility index (Phi) is 2.17. The van der Waals surface area contributed by atoms with Crippen molar-refractivity contribution in [2.45, 2.75) is 0 Å². The number of hydrogen-bond acceptors (Lipinski definition) is 3. The number of anilines is 1. The summed E-state index contributed by atoms with van der Waals surface area (Å²) in [5.74, 6) is 0.574. The van der Waals surface area contributed by atoms with Crippen LogP contribution in [0.25, 0.3) is 10.9 Å². The van der Waals surface area contributed by atoms with Crippen LogP contribution in [0.2, 0.25) is 5.02 Å². The molecule has 0 spiro atoms. The summed E-state index contributed by atoms with van der Waals surface area (Å²) in [6.07, 6.45) is 1.68. The van der Waals surface area contributed by atoms with E-state index in [9.17, 15) is 0 Å². The van der Waals surface area contributed by atoms with Crippen molar-refractivity contribution in [3.8, 4) is 5.75 Å². The molecule has 0 aliphatic rings. The molecule has 1 aromatic carbocycles. The van der Waals surface area contributed by atoms with Gasteiger partial charge in [0.1, 0.15) is 5.75 Å². The van der Waals surface area contributed by atoms with Crippen LogP contribution in [0.3, 0.4) is 0 Å². The monoisotopic (exact) mass is 208 g/mol. The van der Waals surface area contributed by atoms with Crippen molar-refractivity contribution in [1.29, 1.82) is 0 Å². The number of halogens is 1. The lowest BCUT2D eigenvalue weighted by atomic mass is 10.2. The fourth-order valence-electron chi connectivity index (χ4n) is 1.37. The minimum atomic E-state index is 0.546. The van der Waals surface area contributed by atoms with Gasteiger partial charge in [-0.2, -0.15) is 0 Å². The number of nitrogens with two attached hydrogens (primary N) is 1. The first kappa shape index (κ1) is 9.09. The zero-order valence-corrected chi connectivity index (χ0v) is 8.38. The molecule has 0 amide bonds. The van der Waals surface area contributed by atoms with Gasteiger partial charge in [-0.1, -0.05) is 11.6 Å². The van der Waals surface area contributed by atoms with E-state index in [1.165, 1.54) is 0 Å². The van der Waals surface area contributed by atoms with E-state index in [-0.39, 0.29) is 0 Å². The van der Waals surface area contributed by atoms with Gasteiger partial charge < -0.3 is 10.5 Å². The smallest absolute Gasteiger partial charge is 0.140 e. The summed E-state index contributed by atoms with van der Waals surface area (Å²) < 4.78 is 5.09. The molecular weight excluding hydrogens is 200 g/mol. The molecule has 0 aliphatic carbocycles. The number of nitrogens with zero attached hydrogens (tertiary/aromatic N) is 1. The van der Waals surface area contributed by atoms with E-state index >= 15 is 0 Å². The number of nitrogen functional groups attached to an aromatic ring is 1. The second-order valence-corrected chi connectivity index (χ2v) is 3.26. The van der Waals surface area contributed by atoms with E-state index in [2.05, 4.69) is 4.98 Å². The summed E-state index contributed by atoms with van der Waals surface area (Å²) in [7, 11) is 1.56. The number of rotatable bonds is 1. The number of pyridine rings is 1. The third-order valence-electron chi connectivity index (χ3n) is 2.04. The number of fused-ring (bicyclic) bond motifs is 1. The summed E-state index contributed by atoms with van der Waals surface area (Å²) in [5, 5.41) is 1.36. The van der Waals surface area contributed by atoms with E-state index < -0.39 is 0 Å². The van der Waals surface area contributed by atoms with Gasteiger partial charge in [-0.3, -0.25) is 4.98 Å². The van der Waals surface area contributed by atoms with Gasteiger partial charge in [0.2, 0.25) is 0 Å². The molecule has 2 N–H and O–H groups in total. The molecular formula is C10H9ClN2O. The minimum Gasteiger partial charge on any atom is -0.495 e. The molecule has 14 heavy (non-hydrogen) atoms. The lowest BCUT2D eigenvalue weighted by Gasteiger charge is -2.07. The normalized spacial score (nSPS) is 10.4. The van der Waals surface area contributed by atoms with E-state index in [1.54, 1.807) is 19.4 Å². The SMILES string of the molecule is COc1cc(N)c2ncccc2c1Cl. The maximum atomic E-state index is 6.09. The summed E-state index contributed by atoms with van der Waals surface area (Å²) >= 11 is 6.09. The first-order chi connectivity index (χ1) is 6.74. The molecule has 0 saturated heterocycles. The Bertz CT molecular complexity index is 485. The zero-order chi connectivity index (χ0) is 10.1. The molecule has 0 radical (unpaired) electrons. The van der Waals surface area contributed by atoms with Crippen LogP contribution in [-0.2, 0) is 0 Å². The van der Waals surface area contributed by atoms with Crippen LogP contribution >= 0.6 is 11.6 Å². The van der Waals surface area contributed by atoms with Gasteiger partial charge in [-0.15, -0.1) is 0 Å². The Balaban J connectivity index is 2.87. The summed E-state index contributed by atoms with van der Waals surface area (Å²) in [6.45, 7) is 0. The van der Waals surface area contributed by atoms with Crippen molar-refractivity contribution in [2.24, 2.45) is 0 Å². The predicted octanol–water partition coefficient (Wildman–Crippen LogP) is 2.48. The maximum Gasteiger partial charge on any atom is 0.140 e. The van der Waals surface area contributed by atoms with Crippen LogP contribution in [0, 0.1) is 0 Å². The van der Waals surface area contributed by atoms with Crippen LogP contribution in [-0.4, -0.2) is 12.1 Å². The standard InChI is InChI=1S/C10H9ClN2O/c1-14-8-5-7(12)10-6(9(8)11)3-2-4-13-10/h2-5H,12H2,1H3. The number of aromatic nitrogens is 1. The topological polar surface area (TPSA) is 48.1 Å². The molecule has 0 bridgehead atoms. The van der Waals surface area contributed by atoms with Crippen LogP contribution in [0.5, 0.6) is 5.75 Å². The quantitative estimate of drug-likeness (QED) is 0.733. The van der Waals surface area contributed by atoms with Gasteiger partial charge in [0.15, 0.2) is 0 Å². The highest BCUT2D eigenvalue weighted by Gasteiger charge is 2.09. The van der Waals surface area contributed by atoms with Gasteiger partial charge in [0.25, 0.3) is 0 Å². The van der Waals surface area contributed by atoms with Gasteiger partial charge in [-0.25, -0.2) is 0 Å². The first-order valence-electron chi connectivity index (χ1n) is 4.10. The van der Waals surface area contributed by atoms with E-state index in [1.807, 2.05) is 12.1 Å². The molecule has 1 aromatic heterocycles. The Morgan fingerprint density at radius 2 is 2.29 bits per heavy atom. The first-order valence-corrected chi connectivity index (χ1v) is 4.48. The van der Waals surface area contributed by atoms with Crippen molar-refractivity contribution >= 4 is 28.2 Å². The highest BCUT2D eigenvalue weighted by molar-refractivity contribution is 6.37. The zero-order valence-electron chi connectivity index (χ0n) is 7.62. The molecule has 0 unspecified atom stereocenters. The summed E-state index contributed by atoms with van der Waals surface area (Å²) in [5.41, 5.74) is 7.08. The van der Waals surface area contributed by atoms with Gasteiger partial charge in [-0.05, 0) is 12.1 Å². The summed E-state index contributed by atoms with van der Waals surface area (Å²) in [6, 6.07) is 5.36. The molecule has 2 aromatic rings. The predicted molar refractivity (Wildman–Crippen MR) is 57.7 cm³/mol. The van der Waals surface area contributed by atoms with Crippen LogP contribution < -0.4 is 10.5 Å². The molecule has 1 heterocycles. The van der Waals surface area contributed by atoms with Gasteiger partial charge in [0, 0.05) is 17.6 Å². The molecule has 0 saturated carbocycles. The van der Waals surface area contributed by atoms with Crippen LogP contribution in [0.4, 0.5) is 5.69 Å². The van der Waals surface area contributed by atoms with Crippen LogP contribution in [0.1, 0.15) is 0 Å². The number of hydrogen-bond donors (Lipinski definition) is 1. The van der Waals surface area contributed by atoms with Crippen LogP contribution in [0.15, 0.2) is 24.4 Å². The van der Waals surface area contributed by atoms with E-state index in [0.717, 1.165) is 5.39 Å². The Labute approximate surface area is 86.5 Å². The average Bonchev–Trinajstić information content (AvgIpc) is 2.23. The fourth-order valence-corrected chi connectivity index (χ4v) is 1.65. The molecule has 3 nitrogen and oxygen atoms in total. The largest absolute Gasteiger partial charge is 0.495 e. The van der Waals surface area contributed by atoms with Crippen molar-refractivity contribution < 1.29 is 4.74 Å². The maximum absolute atomic E-state index is 6.09. The van der Waals surface area contributed by atoms with Crippen molar-refractivity contribution in [2.75, 3.05) is 12.8 Å². The van der Waals surface area contributed by atoms with Crippen molar-refractivity contribution in [3.63, 3.8) is 0 Å². The number of methoxy groups -OCH3 is 1. The molecule has 4 heteroatoms. The van der Waals surface area contributed by atoms with E-state index in [0.29, 0.717) is 22.0 Å². The number of benzene rings is 1. The van der Waals surface area contributed by atoms with Gasteiger partial charge >= 0.3 is 0 Å². The second kappa shape index (κ2) is 3.35. The molecule has 0 atom stereocenters. The average molecular weight is 209 g/mol. The van der Waals surface area contributed by atoms with Crippen molar-refractivity contribution in [1.82, 2.24) is 4.98 Å². The highest BCUT2D eigenvalue weighted by Crippen LogP contribution is 2.35. The lowest BCUT2D eigenvalue weighted by molar-refractivity contribution is 0.416. The van der Waals surface area contributed by atoms with Crippen molar-refractivity contribution in [3.05, 3.63) is 29.4 Å². The second-order valence-electron chi connectivity index (χ2n) is 2.88. The van der Waals surface area contributed by atoms with E-state index in [4.69, 9.17) is 22.1 Å². The third-order valence-corrected chi connectivity index (χ3v) is 2.43. The molecule has 0 aliphatic heterocycles.